The highest BCUT2D eigenvalue weighted by Crippen LogP contribution is 2.19. The molecule has 0 spiro atoms. The summed E-state index contributed by atoms with van der Waals surface area (Å²) in [5.74, 6) is -0.339. The Kier molecular flexibility index (Phi) is 8.30. The number of halogens is 1. The summed E-state index contributed by atoms with van der Waals surface area (Å²) in [4.78, 5) is 58.8. The molecule has 0 aliphatic rings. The highest BCUT2D eigenvalue weighted by molar-refractivity contribution is 6.31. The van der Waals surface area contributed by atoms with Gasteiger partial charge in [-0.05, 0) is 37.5 Å². The predicted molar refractivity (Wildman–Crippen MR) is 131 cm³/mol. The van der Waals surface area contributed by atoms with E-state index in [1.54, 1.807) is 32.0 Å². The predicted octanol–water partition coefficient (Wildman–Crippen LogP) is 2.86. The van der Waals surface area contributed by atoms with Crippen LogP contribution < -0.4 is 11.2 Å². The summed E-state index contributed by atoms with van der Waals surface area (Å²) in [6, 6.07) is 6.86. The third kappa shape index (κ3) is 5.89. The molecule has 2 aromatic heterocycles. The van der Waals surface area contributed by atoms with E-state index in [9.17, 15) is 19.2 Å². The molecule has 1 atom stereocenters. The van der Waals surface area contributed by atoms with Crippen LogP contribution in [0.3, 0.4) is 0 Å². The molecular weight excluding hydrogens is 470 g/mol. The van der Waals surface area contributed by atoms with Crippen molar-refractivity contribution in [2.75, 3.05) is 0 Å². The van der Waals surface area contributed by atoms with Crippen LogP contribution in [0.2, 0.25) is 5.02 Å². The molecule has 1 aromatic carbocycles. The lowest BCUT2D eigenvalue weighted by molar-refractivity contribution is -0.121. The minimum Gasteiger partial charge on any atom is -0.299 e. The molecule has 0 amide bonds. The van der Waals surface area contributed by atoms with Crippen LogP contribution in [0.5, 0.6) is 0 Å². The van der Waals surface area contributed by atoms with Crippen LogP contribution in [0, 0.1) is 17.2 Å². The fourth-order valence-corrected chi connectivity index (χ4v) is 4.29. The quantitative estimate of drug-likeness (QED) is 0.423. The number of ketones is 2. The molecule has 0 aliphatic heterocycles. The van der Waals surface area contributed by atoms with E-state index in [1.807, 2.05) is 13.0 Å². The van der Waals surface area contributed by atoms with Crippen molar-refractivity contribution in [1.82, 2.24) is 19.1 Å². The number of carbonyl (C=O) groups excluding carboxylic acids is 2. The number of benzene rings is 1. The molecule has 2 heterocycles. The third-order valence-corrected chi connectivity index (χ3v) is 6.00. The minimum atomic E-state index is -0.527. The summed E-state index contributed by atoms with van der Waals surface area (Å²) in [6.07, 6.45) is 1.95. The van der Waals surface area contributed by atoms with Gasteiger partial charge in [0.1, 0.15) is 17.6 Å². The molecule has 0 aliphatic carbocycles. The van der Waals surface area contributed by atoms with Gasteiger partial charge in [-0.2, -0.15) is 5.26 Å². The molecule has 10 heteroatoms. The highest BCUT2D eigenvalue weighted by atomic mass is 35.5. The van der Waals surface area contributed by atoms with E-state index in [0.29, 0.717) is 28.4 Å². The first-order valence-corrected chi connectivity index (χ1v) is 11.8. The number of hydrogen-bond acceptors (Lipinski definition) is 7. The number of nitrogens with zero attached hydrogens (tertiary/aromatic N) is 5. The van der Waals surface area contributed by atoms with Gasteiger partial charge in [-0.25, -0.2) is 14.8 Å². The van der Waals surface area contributed by atoms with E-state index < -0.39 is 11.2 Å². The van der Waals surface area contributed by atoms with Crippen molar-refractivity contribution >= 4 is 34.3 Å². The van der Waals surface area contributed by atoms with Gasteiger partial charge in [0.15, 0.2) is 11.2 Å². The van der Waals surface area contributed by atoms with Gasteiger partial charge in [0, 0.05) is 32.4 Å². The van der Waals surface area contributed by atoms with Crippen LogP contribution in [0.4, 0.5) is 0 Å². The summed E-state index contributed by atoms with van der Waals surface area (Å²) in [6.45, 7) is 5.85. The number of aryl methyl sites for hydroxylation is 1. The number of rotatable bonds is 10. The molecule has 9 nitrogen and oxygen atoms in total. The largest absolute Gasteiger partial charge is 0.332 e. The van der Waals surface area contributed by atoms with E-state index in [2.05, 4.69) is 9.97 Å². The van der Waals surface area contributed by atoms with Gasteiger partial charge in [-0.1, -0.05) is 24.6 Å². The number of Topliss-reactive ketones (excluding diaryl/α,β-unsaturated/α-hetero) is 2. The second-order valence-corrected chi connectivity index (χ2v) is 8.89. The summed E-state index contributed by atoms with van der Waals surface area (Å²) in [5, 5.41) is 9.26. The Bertz CT molecular complexity index is 1450. The zero-order valence-corrected chi connectivity index (χ0v) is 20.6. The SMILES string of the molecule is CCn1c(=O)c2nc(CC(=O)CC(C)CC(=O)Cc3ccc(C#N)c(Cl)c3)cnc2n(CC)c1=O. The van der Waals surface area contributed by atoms with Crippen LogP contribution in [-0.2, 0) is 35.5 Å². The van der Waals surface area contributed by atoms with Crippen molar-refractivity contribution in [1.29, 1.82) is 5.26 Å². The second-order valence-electron chi connectivity index (χ2n) is 8.48. The lowest BCUT2D eigenvalue weighted by atomic mass is 9.94. The first-order chi connectivity index (χ1) is 16.7. The lowest BCUT2D eigenvalue weighted by Crippen LogP contribution is -2.40. The van der Waals surface area contributed by atoms with Crippen molar-refractivity contribution in [3.8, 4) is 6.07 Å². The van der Waals surface area contributed by atoms with Crippen molar-refractivity contribution in [3.63, 3.8) is 0 Å². The van der Waals surface area contributed by atoms with Crippen LogP contribution in [0.25, 0.3) is 11.2 Å². The summed E-state index contributed by atoms with van der Waals surface area (Å²) >= 11 is 6.02. The first kappa shape index (κ1) is 26.0. The van der Waals surface area contributed by atoms with Crippen LogP contribution in [0.15, 0.2) is 34.0 Å². The fourth-order valence-electron chi connectivity index (χ4n) is 4.04. The Labute approximate surface area is 207 Å². The number of aromatic nitrogens is 4. The van der Waals surface area contributed by atoms with Gasteiger partial charge >= 0.3 is 5.69 Å². The lowest BCUT2D eigenvalue weighted by Gasteiger charge is -2.12. The van der Waals surface area contributed by atoms with Gasteiger partial charge in [0.2, 0.25) is 0 Å². The number of fused-ring (bicyclic) bond motifs is 1. The van der Waals surface area contributed by atoms with Crippen molar-refractivity contribution < 1.29 is 9.59 Å². The van der Waals surface area contributed by atoms with Gasteiger partial charge in [0.05, 0.1) is 28.9 Å². The third-order valence-electron chi connectivity index (χ3n) is 5.69. The molecule has 182 valence electrons. The molecule has 0 radical (unpaired) electrons. The summed E-state index contributed by atoms with van der Waals surface area (Å²) in [7, 11) is 0. The van der Waals surface area contributed by atoms with E-state index in [1.165, 1.54) is 10.8 Å². The second kappa shape index (κ2) is 11.2. The topological polar surface area (TPSA) is 128 Å². The van der Waals surface area contributed by atoms with Crippen molar-refractivity contribution in [2.45, 2.75) is 59.5 Å². The van der Waals surface area contributed by atoms with E-state index in [4.69, 9.17) is 16.9 Å². The molecule has 0 saturated carbocycles. The number of hydrogen-bond donors (Lipinski definition) is 0. The molecule has 0 saturated heterocycles. The zero-order valence-electron chi connectivity index (χ0n) is 19.9. The Balaban J connectivity index is 1.66. The maximum Gasteiger partial charge on any atom is 0.332 e. The maximum atomic E-state index is 12.7. The average molecular weight is 496 g/mol. The molecule has 1 unspecified atom stereocenters. The number of nitriles is 1. The van der Waals surface area contributed by atoms with Crippen molar-refractivity contribution in [2.24, 2.45) is 5.92 Å². The Morgan fingerprint density at radius 1 is 1.09 bits per heavy atom. The molecule has 3 aromatic rings. The Morgan fingerprint density at radius 2 is 1.74 bits per heavy atom. The minimum absolute atomic E-state index is 0.0243. The Morgan fingerprint density at radius 3 is 2.34 bits per heavy atom. The molecule has 0 fully saturated rings. The normalized spacial score (nSPS) is 11.9. The molecule has 0 N–H and O–H groups in total. The zero-order chi connectivity index (χ0) is 25.7. The van der Waals surface area contributed by atoms with Crippen molar-refractivity contribution in [3.05, 3.63) is 67.1 Å². The molecule has 35 heavy (non-hydrogen) atoms. The smallest absolute Gasteiger partial charge is 0.299 e. The van der Waals surface area contributed by atoms with Crippen LogP contribution >= 0.6 is 11.6 Å². The fraction of sp³-hybridized carbons (Fsp3) is 0.400. The average Bonchev–Trinajstić information content (AvgIpc) is 2.80. The summed E-state index contributed by atoms with van der Waals surface area (Å²) in [5.41, 5.74) is 0.702. The highest BCUT2D eigenvalue weighted by Gasteiger charge is 2.18. The number of carbonyl (C=O) groups is 2. The summed E-state index contributed by atoms with van der Waals surface area (Å²) < 4.78 is 2.48. The van der Waals surface area contributed by atoms with E-state index >= 15 is 0 Å². The standard InChI is InChI=1S/C25H26ClN5O4/c1-4-30-23-22(24(34)31(5-2)25(30)35)29-18(14-28-23)12-20(33)9-15(3)8-19(32)10-16-6-7-17(13-27)21(26)11-16/h6-7,11,14-15H,4-5,8-10,12H2,1-3H3. The molecule has 0 bridgehead atoms. The van der Waals surface area contributed by atoms with Gasteiger partial charge in [0.25, 0.3) is 5.56 Å². The van der Waals surface area contributed by atoms with Crippen LogP contribution in [0.1, 0.15) is 50.4 Å². The maximum absolute atomic E-state index is 12.7. The molecule has 3 rings (SSSR count). The molecular formula is C25H26ClN5O4. The first-order valence-electron chi connectivity index (χ1n) is 11.4. The van der Waals surface area contributed by atoms with Gasteiger partial charge < -0.3 is 0 Å². The van der Waals surface area contributed by atoms with E-state index in [-0.39, 0.29) is 60.9 Å². The van der Waals surface area contributed by atoms with Gasteiger partial charge in [-0.15, -0.1) is 0 Å². The van der Waals surface area contributed by atoms with E-state index in [0.717, 1.165) is 4.57 Å². The monoisotopic (exact) mass is 495 g/mol. The van der Waals surface area contributed by atoms with Crippen LogP contribution in [-0.4, -0.2) is 30.7 Å². The van der Waals surface area contributed by atoms with Gasteiger partial charge in [-0.3, -0.25) is 23.5 Å². The Hall–Kier alpha value is -3.64.